The lowest BCUT2D eigenvalue weighted by molar-refractivity contribution is 0.335. The maximum absolute atomic E-state index is 13.6. The highest BCUT2D eigenvalue weighted by molar-refractivity contribution is 9.10. The quantitative estimate of drug-likeness (QED) is 0.221. The van der Waals surface area contributed by atoms with Gasteiger partial charge in [0.05, 0.1) is 40.3 Å². The lowest BCUT2D eigenvalue weighted by Crippen LogP contribution is -2.21. The van der Waals surface area contributed by atoms with E-state index in [0.29, 0.717) is 44.1 Å². The first kappa shape index (κ1) is 25.9. The highest BCUT2D eigenvalue weighted by Crippen LogP contribution is 2.35. The lowest BCUT2D eigenvalue weighted by atomic mass is 9.96. The zero-order valence-electron chi connectivity index (χ0n) is 20.8. The van der Waals surface area contributed by atoms with Gasteiger partial charge in [0, 0.05) is 5.56 Å². The summed E-state index contributed by atoms with van der Waals surface area (Å²) in [6, 6.07) is 14.9. The highest BCUT2D eigenvalue weighted by Gasteiger charge is 2.18. The van der Waals surface area contributed by atoms with Crippen molar-refractivity contribution in [2.75, 3.05) is 13.7 Å². The number of benzene rings is 3. The van der Waals surface area contributed by atoms with E-state index in [2.05, 4.69) is 34.9 Å². The number of methoxy groups -OCH3 is 1. The number of para-hydroxylation sites is 1. The van der Waals surface area contributed by atoms with Crippen molar-refractivity contribution in [1.82, 2.24) is 9.66 Å². The van der Waals surface area contributed by atoms with E-state index in [1.165, 1.54) is 4.68 Å². The Kier molecular flexibility index (Phi) is 7.81. The fourth-order valence-electron chi connectivity index (χ4n) is 4.05. The molecule has 36 heavy (non-hydrogen) atoms. The molecule has 1 heterocycles. The molecule has 0 aliphatic carbocycles. The number of aromatic nitrogens is 2. The standard InChI is InChI=1S/C28H27BrClN3O3/c1-6-36-25-11-17(4)21(14-20(25)16(2)3)27-32-24-10-8-7-9-19(24)28(34)33(27)31-15-18-12-22(29)26(35-5)23(30)13-18/h7-16H,6H2,1-5H3. The Morgan fingerprint density at radius 3 is 2.61 bits per heavy atom. The first-order valence-electron chi connectivity index (χ1n) is 11.6. The van der Waals surface area contributed by atoms with E-state index >= 15 is 0 Å². The van der Waals surface area contributed by atoms with E-state index in [1.807, 2.05) is 50.2 Å². The van der Waals surface area contributed by atoms with Crippen molar-refractivity contribution >= 4 is 44.6 Å². The Hall–Kier alpha value is -3.16. The van der Waals surface area contributed by atoms with Gasteiger partial charge in [0.2, 0.25) is 0 Å². The van der Waals surface area contributed by atoms with Crippen LogP contribution in [0.4, 0.5) is 0 Å². The molecule has 0 unspecified atom stereocenters. The maximum atomic E-state index is 13.6. The number of hydrogen-bond donors (Lipinski definition) is 0. The van der Waals surface area contributed by atoms with Crippen molar-refractivity contribution < 1.29 is 9.47 Å². The van der Waals surface area contributed by atoms with Gasteiger partial charge in [-0.1, -0.05) is 37.6 Å². The summed E-state index contributed by atoms with van der Waals surface area (Å²) in [7, 11) is 1.55. The van der Waals surface area contributed by atoms with Gasteiger partial charge in [-0.05, 0) is 88.8 Å². The minimum absolute atomic E-state index is 0.217. The van der Waals surface area contributed by atoms with Crippen molar-refractivity contribution in [1.29, 1.82) is 0 Å². The van der Waals surface area contributed by atoms with Gasteiger partial charge in [-0.2, -0.15) is 9.78 Å². The molecule has 0 atom stereocenters. The second kappa shape index (κ2) is 10.8. The average molecular weight is 569 g/mol. The Labute approximate surface area is 223 Å². The predicted molar refractivity (Wildman–Crippen MR) is 150 cm³/mol. The molecule has 0 radical (unpaired) electrons. The molecule has 4 aromatic rings. The third-order valence-corrected chi connectivity index (χ3v) is 6.69. The second-order valence-corrected chi connectivity index (χ2v) is 9.89. The average Bonchev–Trinajstić information content (AvgIpc) is 2.83. The smallest absolute Gasteiger partial charge is 0.282 e. The van der Waals surface area contributed by atoms with E-state index < -0.39 is 0 Å². The van der Waals surface area contributed by atoms with Gasteiger partial charge in [0.15, 0.2) is 11.6 Å². The van der Waals surface area contributed by atoms with Crippen LogP contribution in [0.3, 0.4) is 0 Å². The topological polar surface area (TPSA) is 65.7 Å². The molecular formula is C28H27BrClN3O3. The first-order valence-corrected chi connectivity index (χ1v) is 12.8. The summed E-state index contributed by atoms with van der Waals surface area (Å²) in [5, 5.41) is 5.50. The normalized spacial score (nSPS) is 11.6. The summed E-state index contributed by atoms with van der Waals surface area (Å²) in [6.07, 6.45) is 1.59. The van der Waals surface area contributed by atoms with Crippen LogP contribution in [-0.2, 0) is 0 Å². The Balaban J connectivity index is 1.96. The van der Waals surface area contributed by atoms with Crippen molar-refractivity contribution in [3.05, 3.63) is 85.1 Å². The highest BCUT2D eigenvalue weighted by atomic mass is 79.9. The van der Waals surface area contributed by atoms with Gasteiger partial charge < -0.3 is 9.47 Å². The zero-order valence-corrected chi connectivity index (χ0v) is 23.1. The van der Waals surface area contributed by atoms with Crippen LogP contribution in [0.2, 0.25) is 5.02 Å². The van der Waals surface area contributed by atoms with Crippen LogP contribution in [0.15, 0.2) is 62.9 Å². The van der Waals surface area contributed by atoms with Crippen LogP contribution in [-0.4, -0.2) is 29.6 Å². The summed E-state index contributed by atoms with van der Waals surface area (Å²) in [5.41, 5.74) is 3.84. The number of ether oxygens (including phenoxy) is 2. The predicted octanol–water partition coefficient (Wildman–Crippen LogP) is 7.20. The van der Waals surface area contributed by atoms with Gasteiger partial charge in [-0.25, -0.2) is 4.98 Å². The van der Waals surface area contributed by atoms with Crippen molar-refractivity contribution in [2.24, 2.45) is 5.10 Å². The van der Waals surface area contributed by atoms with Crippen LogP contribution >= 0.6 is 27.5 Å². The van der Waals surface area contributed by atoms with E-state index in [-0.39, 0.29) is 11.5 Å². The fourth-order valence-corrected chi connectivity index (χ4v) is 5.11. The van der Waals surface area contributed by atoms with Crippen LogP contribution < -0.4 is 15.0 Å². The second-order valence-electron chi connectivity index (χ2n) is 8.62. The molecular weight excluding hydrogens is 542 g/mol. The Morgan fingerprint density at radius 2 is 1.94 bits per heavy atom. The molecule has 0 saturated carbocycles. The summed E-state index contributed by atoms with van der Waals surface area (Å²) < 4.78 is 13.2. The number of halogens is 2. The van der Waals surface area contributed by atoms with Gasteiger partial charge in [-0.3, -0.25) is 4.79 Å². The third kappa shape index (κ3) is 5.04. The van der Waals surface area contributed by atoms with E-state index in [4.69, 9.17) is 26.1 Å². The molecule has 0 fully saturated rings. The zero-order chi connectivity index (χ0) is 26.0. The van der Waals surface area contributed by atoms with Crippen LogP contribution in [0.1, 0.15) is 43.4 Å². The summed E-state index contributed by atoms with van der Waals surface area (Å²) in [6.45, 7) is 8.75. The third-order valence-electron chi connectivity index (χ3n) is 5.82. The maximum Gasteiger partial charge on any atom is 0.282 e. The van der Waals surface area contributed by atoms with Gasteiger partial charge in [0.1, 0.15) is 5.75 Å². The Morgan fingerprint density at radius 1 is 1.19 bits per heavy atom. The number of nitrogens with zero attached hydrogens (tertiary/aromatic N) is 3. The lowest BCUT2D eigenvalue weighted by Gasteiger charge is -2.18. The molecule has 0 saturated heterocycles. The van der Waals surface area contributed by atoms with Crippen LogP contribution in [0.25, 0.3) is 22.3 Å². The molecule has 6 nitrogen and oxygen atoms in total. The van der Waals surface area contributed by atoms with Crippen molar-refractivity contribution in [2.45, 2.75) is 33.6 Å². The first-order chi connectivity index (χ1) is 17.2. The molecule has 0 bridgehead atoms. The largest absolute Gasteiger partial charge is 0.494 e. The molecule has 0 aliphatic rings. The van der Waals surface area contributed by atoms with Gasteiger partial charge >= 0.3 is 0 Å². The van der Waals surface area contributed by atoms with Crippen molar-refractivity contribution in [3.8, 4) is 22.9 Å². The monoisotopic (exact) mass is 567 g/mol. The summed E-state index contributed by atoms with van der Waals surface area (Å²) in [4.78, 5) is 18.5. The molecule has 0 spiro atoms. The molecule has 0 amide bonds. The summed E-state index contributed by atoms with van der Waals surface area (Å²) in [5.74, 6) is 2.04. The summed E-state index contributed by atoms with van der Waals surface area (Å²) >= 11 is 9.82. The molecule has 0 N–H and O–H groups in total. The molecule has 1 aromatic heterocycles. The number of rotatable bonds is 7. The van der Waals surface area contributed by atoms with Crippen molar-refractivity contribution in [3.63, 3.8) is 0 Å². The van der Waals surface area contributed by atoms with E-state index in [1.54, 1.807) is 25.5 Å². The minimum Gasteiger partial charge on any atom is -0.494 e. The minimum atomic E-state index is -0.259. The number of hydrogen-bond acceptors (Lipinski definition) is 5. The van der Waals surface area contributed by atoms with Crippen LogP contribution in [0, 0.1) is 6.92 Å². The molecule has 8 heteroatoms. The Bertz CT molecular complexity index is 1510. The van der Waals surface area contributed by atoms with Gasteiger partial charge in [0.25, 0.3) is 5.56 Å². The number of aryl methyl sites for hydroxylation is 1. The molecule has 186 valence electrons. The van der Waals surface area contributed by atoms with E-state index in [0.717, 1.165) is 22.4 Å². The fraction of sp³-hybridized carbons (Fsp3) is 0.250. The van der Waals surface area contributed by atoms with E-state index in [9.17, 15) is 4.79 Å². The molecule has 0 aliphatic heterocycles. The molecule has 4 rings (SSSR count). The number of fused-ring (bicyclic) bond motifs is 1. The SMILES string of the molecule is CCOc1cc(C)c(-c2nc3ccccc3c(=O)n2N=Cc2cc(Cl)c(OC)c(Br)c2)cc1C(C)C. The molecule has 3 aromatic carbocycles. The van der Waals surface area contributed by atoms with Crippen LogP contribution in [0.5, 0.6) is 11.5 Å². The van der Waals surface area contributed by atoms with Gasteiger partial charge in [-0.15, -0.1) is 0 Å².